The van der Waals surface area contributed by atoms with Gasteiger partial charge >= 0.3 is 0 Å². The Morgan fingerprint density at radius 1 is 1.50 bits per heavy atom. The predicted molar refractivity (Wildman–Crippen MR) is 93.9 cm³/mol. The maximum atomic E-state index is 12.8. The molecule has 6 heteroatoms. The van der Waals surface area contributed by atoms with Crippen molar-refractivity contribution < 1.29 is 9.21 Å². The second kappa shape index (κ2) is 7.02. The van der Waals surface area contributed by atoms with Crippen LogP contribution in [0.15, 0.2) is 27.1 Å². The van der Waals surface area contributed by atoms with E-state index in [9.17, 15) is 4.79 Å². The molecular formula is C16H20BrClN2O2. The Morgan fingerprint density at radius 2 is 2.27 bits per heavy atom. The van der Waals surface area contributed by atoms with Gasteiger partial charge in [0.15, 0.2) is 5.76 Å². The third kappa shape index (κ3) is 3.03. The molecule has 3 rings (SSSR count). The minimum atomic E-state index is 0. The molecule has 2 aromatic rings. The molecule has 0 spiro atoms. The van der Waals surface area contributed by atoms with E-state index in [-0.39, 0.29) is 24.4 Å². The van der Waals surface area contributed by atoms with Gasteiger partial charge in [0.2, 0.25) is 0 Å². The summed E-state index contributed by atoms with van der Waals surface area (Å²) in [5.41, 5.74) is 1.69. The van der Waals surface area contributed by atoms with Crippen LogP contribution in [0.3, 0.4) is 0 Å². The number of rotatable bonds is 3. The van der Waals surface area contributed by atoms with Crippen LogP contribution in [0.5, 0.6) is 0 Å². The molecule has 1 aromatic heterocycles. The van der Waals surface area contributed by atoms with E-state index in [1.54, 1.807) is 0 Å². The zero-order chi connectivity index (χ0) is 15.0. The maximum Gasteiger partial charge on any atom is 0.290 e. The van der Waals surface area contributed by atoms with Gasteiger partial charge in [-0.3, -0.25) is 4.79 Å². The Morgan fingerprint density at radius 3 is 3.00 bits per heavy atom. The Bertz CT molecular complexity index is 686. The van der Waals surface area contributed by atoms with Gasteiger partial charge in [-0.2, -0.15) is 0 Å². The molecule has 1 amide bonds. The summed E-state index contributed by atoms with van der Waals surface area (Å²) in [7, 11) is 1.92. The molecule has 0 bridgehead atoms. The van der Waals surface area contributed by atoms with Gasteiger partial charge in [0.25, 0.3) is 5.91 Å². The Hall–Kier alpha value is -1.04. The first-order valence-corrected chi connectivity index (χ1v) is 8.05. The standard InChI is InChI=1S/C16H19BrN2O2.ClH/c1-10-13-8-11(17)5-6-14(13)21-15(10)16(20)19-7-3-4-12(19)9-18-2;/h5-6,8,12,18H,3-4,7,9H2,1-2H3;1H. The van der Waals surface area contributed by atoms with Crippen molar-refractivity contribution in [3.8, 4) is 0 Å². The Kier molecular flexibility index (Phi) is 5.53. The molecule has 1 saturated heterocycles. The number of nitrogens with one attached hydrogen (secondary N) is 1. The predicted octanol–water partition coefficient (Wildman–Crippen LogP) is 3.75. The molecule has 120 valence electrons. The molecule has 2 heterocycles. The Labute approximate surface area is 144 Å². The first-order chi connectivity index (χ1) is 10.1. The van der Waals surface area contributed by atoms with Crippen LogP contribution in [-0.4, -0.2) is 37.0 Å². The fourth-order valence-electron chi connectivity index (χ4n) is 3.08. The summed E-state index contributed by atoms with van der Waals surface area (Å²) < 4.78 is 6.81. The number of fused-ring (bicyclic) bond motifs is 1. The van der Waals surface area contributed by atoms with Gasteiger partial charge in [0, 0.05) is 34.6 Å². The van der Waals surface area contributed by atoms with E-state index >= 15 is 0 Å². The number of likely N-dealkylation sites (tertiary alicyclic amines) is 1. The zero-order valence-electron chi connectivity index (χ0n) is 12.7. The van der Waals surface area contributed by atoms with Crippen LogP contribution in [0.2, 0.25) is 0 Å². The van der Waals surface area contributed by atoms with Gasteiger partial charge in [-0.1, -0.05) is 15.9 Å². The highest BCUT2D eigenvalue weighted by Crippen LogP contribution is 2.30. The molecule has 1 unspecified atom stereocenters. The molecule has 1 atom stereocenters. The van der Waals surface area contributed by atoms with Crippen molar-refractivity contribution in [1.82, 2.24) is 10.2 Å². The molecular weight excluding hydrogens is 368 g/mol. The van der Waals surface area contributed by atoms with E-state index in [0.717, 1.165) is 46.9 Å². The first kappa shape index (κ1) is 17.3. The summed E-state index contributed by atoms with van der Waals surface area (Å²) >= 11 is 3.46. The zero-order valence-corrected chi connectivity index (χ0v) is 15.1. The minimum Gasteiger partial charge on any atom is -0.451 e. The topological polar surface area (TPSA) is 45.5 Å². The summed E-state index contributed by atoms with van der Waals surface area (Å²) in [6.45, 7) is 3.59. The summed E-state index contributed by atoms with van der Waals surface area (Å²) in [5, 5.41) is 4.16. The van der Waals surface area contributed by atoms with Crippen LogP contribution in [0.25, 0.3) is 11.0 Å². The van der Waals surface area contributed by atoms with Gasteiger partial charge in [-0.05, 0) is 45.0 Å². The average molecular weight is 388 g/mol. The highest BCUT2D eigenvalue weighted by Gasteiger charge is 2.31. The van der Waals surface area contributed by atoms with E-state index in [0.29, 0.717) is 5.76 Å². The van der Waals surface area contributed by atoms with E-state index in [4.69, 9.17) is 4.42 Å². The highest BCUT2D eigenvalue weighted by atomic mass is 79.9. The summed E-state index contributed by atoms with van der Waals surface area (Å²) in [6, 6.07) is 6.10. The van der Waals surface area contributed by atoms with Crippen LogP contribution in [-0.2, 0) is 0 Å². The normalized spacial score (nSPS) is 17.8. The highest BCUT2D eigenvalue weighted by molar-refractivity contribution is 9.10. The molecule has 0 radical (unpaired) electrons. The summed E-state index contributed by atoms with van der Waals surface area (Å²) in [6.07, 6.45) is 2.11. The number of benzene rings is 1. The number of hydrogen-bond donors (Lipinski definition) is 1. The number of halogens is 2. The quantitative estimate of drug-likeness (QED) is 0.872. The van der Waals surface area contributed by atoms with Crippen molar-refractivity contribution in [3.63, 3.8) is 0 Å². The van der Waals surface area contributed by atoms with Gasteiger partial charge in [0.05, 0.1) is 0 Å². The number of aryl methyl sites for hydroxylation is 1. The van der Waals surface area contributed by atoms with Gasteiger partial charge in [-0.25, -0.2) is 0 Å². The third-order valence-corrected chi connectivity index (χ3v) is 4.66. The van der Waals surface area contributed by atoms with Crippen LogP contribution in [0.1, 0.15) is 29.0 Å². The molecule has 4 nitrogen and oxygen atoms in total. The smallest absolute Gasteiger partial charge is 0.290 e. The Balaban J connectivity index is 0.00000176. The summed E-state index contributed by atoms with van der Waals surface area (Å²) in [4.78, 5) is 14.7. The largest absolute Gasteiger partial charge is 0.451 e. The summed E-state index contributed by atoms with van der Waals surface area (Å²) in [5.74, 6) is 0.490. The minimum absolute atomic E-state index is 0. The third-order valence-electron chi connectivity index (χ3n) is 4.17. The van der Waals surface area contributed by atoms with Gasteiger partial charge in [0.1, 0.15) is 5.58 Å². The number of furan rings is 1. The number of carbonyl (C=O) groups is 1. The van der Waals surface area contributed by atoms with Crippen LogP contribution in [0, 0.1) is 6.92 Å². The van der Waals surface area contributed by atoms with E-state index in [2.05, 4.69) is 21.2 Å². The number of amides is 1. The van der Waals surface area contributed by atoms with Crippen molar-refractivity contribution in [2.24, 2.45) is 0 Å². The van der Waals surface area contributed by atoms with E-state index in [1.807, 2.05) is 37.1 Å². The van der Waals surface area contributed by atoms with E-state index in [1.165, 1.54) is 0 Å². The molecule has 1 aromatic carbocycles. The fourth-order valence-corrected chi connectivity index (χ4v) is 3.44. The van der Waals surface area contributed by atoms with Gasteiger partial charge in [-0.15, -0.1) is 12.4 Å². The van der Waals surface area contributed by atoms with Crippen LogP contribution in [0.4, 0.5) is 0 Å². The molecule has 1 N–H and O–H groups in total. The van der Waals surface area contributed by atoms with Crippen LogP contribution < -0.4 is 5.32 Å². The second-order valence-electron chi connectivity index (χ2n) is 5.55. The number of carbonyl (C=O) groups excluding carboxylic acids is 1. The van der Waals surface area contributed by atoms with Gasteiger partial charge < -0.3 is 14.6 Å². The number of nitrogens with zero attached hydrogens (tertiary/aromatic N) is 1. The number of hydrogen-bond acceptors (Lipinski definition) is 3. The second-order valence-corrected chi connectivity index (χ2v) is 6.46. The van der Waals surface area contributed by atoms with Crippen molar-refractivity contribution >= 4 is 45.2 Å². The molecule has 22 heavy (non-hydrogen) atoms. The van der Waals surface area contributed by atoms with Crippen molar-refractivity contribution in [2.75, 3.05) is 20.1 Å². The first-order valence-electron chi connectivity index (χ1n) is 7.26. The lowest BCUT2D eigenvalue weighted by Crippen LogP contribution is -2.40. The van der Waals surface area contributed by atoms with Crippen molar-refractivity contribution in [3.05, 3.63) is 34.0 Å². The lowest BCUT2D eigenvalue weighted by Gasteiger charge is -2.23. The van der Waals surface area contributed by atoms with Crippen LogP contribution >= 0.6 is 28.3 Å². The maximum absolute atomic E-state index is 12.8. The molecule has 0 aliphatic carbocycles. The molecule has 0 saturated carbocycles. The monoisotopic (exact) mass is 386 g/mol. The average Bonchev–Trinajstić information content (AvgIpc) is 3.04. The fraction of sp³-hybridized carbons (Fsp3) is 0.438. The van der Waals surface area contributed by atoms with Crippen molar-refractivity contribution in [1.29, 1.82) is 0 Å². The number of likely N-dealkylation sites (N-methyl/N-ethyl adjacent to an activating group) is 1. The lowest BCUT2D eigenvalue weighted by atomic mass is 10.1. The van der Waals surface area contributed by atoms with E-state index < -0.39 is 0 Å². The molecule has 1 aliphatic heterocycles. The van der Waals surface area contributed by atoms with Crippen molar-refractivity contribution in [2.45, 2.75) is 25.8 Å². The molecule has 1 aliphatic rings. The molecule has 1 fully saturated rings. The lowest BCUT2D eigenvalue weighted by molar-refractivity contribution is 0.0706. The SMILES string of the molecule is CNCC1CCCN1C(=O)c1oc2ccc(Br)cc2c1C.Cl.